The Morgan fingerprint density at radius 2 is 0.983 bits per heavy atom. The van der Waals surface area contributed by atoms with E-state index in [-0.39, 0.29) is 0 Å². The molecule has 3 aromatic heterocycles. The number of hydrogen-bond acceptors (Lipinski definition) is 3. The van der Waals surface area contributed by atoms with Crippen LogP contribution in [0.1, 0.15) is 0 Å². The number of furan rings is 1. The number of hydrogen-bond donors (Lipinski definition) is 0. The van der Waals surface area contributed by atoms with Crippen molar-refractivity contribution in [2.45, 2.75) is 0 Å². The third kappa shape index (κ3) is 5.12. The van der Waals surface area contributed by atoms with Crippen molar-refractivity contribution < 1.29 is 4.42 Å². The molecular formula is C54H34N2OS. The van der Waals surface area contributed by atoms with E-state index in [2.05, 4.69) is 210 Å². The molecule has 0 saturated heterocycles. The maximum atomic E-state index is 6.35. The molecule has 58 heavy (non-hydrogen) atoms. The number of rotatable bonds is 6. The molecule has 12 rings (SSSR count). The Bertz CT molecular complexity index is 3480. The minimum atomic E-state index is 0.902. The molecule has 0 aliphatic heterocycles. The Morgan fingerprint density at radius 3 is 1.72 bits per heavy atom. The highest BCUT2D eigenvalue weighted by atomic mass is 32.1. The predicted molar refractivity (Wildman–Crippen MR) is 247 cm³/mol. The molecular weight excluding hydrogens is 725 g/mol. The van der Waals surface area contributed by atoms with Gasteiger partial charge >= 0.3 is 0 Å². The van der Waals surface area contributed by atoms with Crippen molar-refractivity contribution >= 4 is 92.3 Å². The fourth-order valence-electron chi connectivity index (χ4n) is 8.91. The van der Waals surface area contributed by atoms with Crippen LogP contribution < -0.4 is 4.90 Å². The lowest BCUT2D eigenvalue weighted by atomic mass is 10.0. The Morgan fingerprint density at radius 1 is 0.397 bits per heavy atom. The lowest BCUT2D eigenvalue weighted by Crippen LogP contribution is -2.10. The van der Waals surface area contributed by atoms with Gasteiger partial charge in [0.15, 0.2) is 0 Å². The van der Waals surface area contributed by atoms with E-state index in [4.69, 9.17) is 4.42 Å². The van der Waals surface area contributed by atoms with Crippen LogP contribution in [0.3, 0.4) is 0 Å². The highest BCUT2D eigenvalue weighted by molar-refractivity contribution is 7.26. The van der Waals surface area contributed by atoms with Crippen LogP contribution in [0.2, 0.25) is 0 Å². The molecule has 0 bridgehead atoms. The van der Waals surface area contributed by atoms with Crippen LogP contribution in [0, 0.1) is 0 Å². The van der Waals surface area contributed by atoms with E-state index in [1.807, 2.05) is 17.4 Å². The van der Waals surface area contributed by atoms with Gasteiger partial charge in [-0.05, 0) is 95.1 Å². The summed E-state index contributed by atoms with van der Waals surface area (Å²) >= 11 is 1.86. The van der Waals surface area contributed by atoms with Gasteiger partial charge < -0.3 is 13.9 Å². The Kier molecular flexibility index (Phi) is 7.40. The summed E-state index contributed by atoms with van der Waals surface area (Å²) in [7, 11) is 0. The van der Waals surface area contributed by atoms with E-state index < -0.39 is 0 Å². The Balaban J connectivity index is 0.955. The van der Waals surface area contributed by atoms with Gasteiger partial charge in [-0.3, -0.25) is 0 Å². The van der Waals surface area contributed by atoms with Crippen molar-refractivity contribution in [3.05, 3.63) is 206 Å². The van der Waals surface area contributed by atoms with E-state index in [0.29, 0.717) is 0 Å². The number of benzene rings is 9. The smallest absolute Gasteiger partial charge is 0.137 e. The fraction of sp³-hybridized carbons (Fsp3) is 0. The number of para-hydroxylation sites is 2. The molecule has 0 aliphatic carbocycles. The molecule has 0 saturated carbocycles. The van der Waals surface area contributed by atoms with Gasteiger partial charge in [0.05, 0.1) is 26.8 Å². The van der Waals surface area contributed by atoms with Gasteiger partial charge in [-0.15, -0.1) is 11.3 Å². The Labute approximate surface area is 338 Å². The molecule has 0 amide bonds. The zero-order valence-corrected chi connectivity index (χ0v) is 32.2. The summed E-state index contributed by atoms with van der Waals surface area (Å²) in [5.74, 6) is 0. The number of aromatic nitrogens is 1. The first-order valence-corrected chi connectivity index (χ1v) is 20.5. The minimum Gasteiger partial charge on any atom is -0.456 e. The summed E-state index contributed by atoms with van der Waals surface area (Å²) in [6.45, 7) is 0. The standard InChI is InChI=1S/C54H34N2OS/c1-2-11-35(12-3-1)36-21-27-39(28-22-36)55(48-18-10-16-45-43-14-6-9-20-51(43)58-54(45)48)40-29-23-37(24-30-40)38-25-31-41(32-26-38)56-47-17-7-4-13-42(47)44-33-34-50-52(53(44)56)46-15-5-8-19-49(46)57-50/h1-34H. The molecule has 3 heterocycles. The van der Waals surface area contributed by atoms with Crippen molar-refractivity contribution in [3.8, 4) is 27.9 Å². The summed E-state index contributed by atoms with van der Waals surface area (Å²) in [6.07, 6.45) is 0. The SMILES string of the molecule is c1ccc(-c2ccc(N(c3ccc(-c4ccc(-n5c6ccccc6c6ccc7oc8ccccc8c7c65)cc4)cc3)c3cccc4c3sc3ccccc34)cc2)cc1. The van der Waals surface area contributed by atoms with Crippen molar-refractivity contribution in [2.75, 3.05) is 4.90 Å². The van der Waals surface area contributed by atoms with Crippen LogP contribution in [0.5, 0.6) is 0 Å². The lowest BCUT2D eigenvalue weighted by Gasteiger charge is -2.26. The average molecular weight is 759 g/mol. The van der Waals surface area contributed by atoms with Gasteiger partial charge in [0.2, 0.25) is 0 Å². The van der Waals surface area contributed by atoms with E-state index >= 15 is 0 Å². The average Bonchev–Trinajstić information content (AvgIpc) is 3.97. The topological polar surface area (TPSA) is 21.3 Å². The molecule has 12 aromatic rings. The normalized spacial score (nSPS) is 11.8. The van der Waals surface area contributed by atoms with Crippen molar-refractivity contribution in [1.29, 1.82) is 0 Å². The second kappa shape index (κ2) is 13.1. The van der Waals surface area contributed by atoms with Crippen LogP contribution in [0.15, 0.2) is 211 Å². The highest BCUT2D eigenvalue weighted by Crippen LogP contribution is 2.46. The van der Waals surface area contributed by atoms with Crippen molar-refractivity contribution in [1.82, 2.24) is 4.57 Å². The van der Waals surface area contributed by atoms with Gasteiger partial charge in [-0.25, -0.2) is 0 Å². The third-order valence-corrected chi connectivity index (χ3v) is 12.8. The highest BCUT2D eigenvalue weighted by Gasteiger charge is 2.20. The van der Waals surface area contributed by atoms with E-state index in [1.165, 1.54) is 69.9 Å². The fourth-order valence-corrected chi connectivity index (χ4v) is 10.1. The summed E-state index contributed by atoms with van der Waals surface area (Å²) in [5.41, 5.74) is 13.4. The first-order chi connectivity index (χ1) is 28.8. The first kappa shape index (κ1) is 32.8. The van der Waals surface area contributed by atoms with Gasteiger partial charge in [0, 0.05) is 48.7 Å². The monoisotopic (exact) mass is 758 g/mol. The predicted octanol–water partition coefficient (Wildman–Crippen LogP) is 15.9. The van der Waals surface area contributed by atoms with E-state index in [9.17, 15) is 0 Å². The zero-order chi connectivity index (χ0) is 38.2. The largest absolute Gasteiger partial charge is 0.456 e. The molecule has 0 aliphatic rings. The number of nitrogens with zero attached hydrogens (tertiary/aromatic N) is 2. The lowest BCUT2D eigenvalue weighted by molar-refractivity contribution is 0.669. The molecule has 272 valence electrons. The van der Waals surface area contributed by atoms with Crippen LogP contribution in [0.4, 0.5) is 17.1 Å². The quantitative estimate of drug-likeness (QED) is 0.168. The van der Waals surface area contributed by atoms with Crippen LogP contribution in [-0.2, 0) is 0 Å². The van der Waals surface area contributed by atoms with Gasteiger partial charge in [-0.2, -0.15) is 0 Å². The molecule has 9 aromatic carbocycles. The van der Waals surface area contributed by atoms with Crippen molar-refractivity contribution in [3.63, 3.8) is 0 Å². The summed E-state index contributed by atoms with van der Waals surface area (Å²) in [4.78, 5) is 2.40. The van der Waals surface area contributed by atoms with Gasteiger partial charge in [0.25, 0.3) is 0 Å². The summed E-state index contributed by atoms with van der Waals surface area (Å²) < 4.78 is 11.3. The van der Waals surface area contributed by atoms with Gasteiger partial charge in [0.1, 0.15) is 11.2 Å². The molecule has 4 heteroatoms. The molecule has 0 N–H and O–H groups in total. The third-order valence-electron chi connectivity index (χ3n) is 11.6. The van der Waals surface area contributed by atoms with Crippen LogP contribution in [0.25, 0.3) is 91.9 Å². The molecule has 3 nitrogen and oxygen atoms in total. The summed E-state index contributed by atoms with van der Waals surface area (Å²) in [5, 5.41) is 7.31. The number of anilines is 3. The maximum Gasteiger partial charge on any atom is 0.137 e. The van der Waals surface area contributed by atoms with Crippen molar-refractivity contribution in [2.24, 2.45) is 0 Å². The van der Waals surface area contributed by atoms with E-state index in [1.54, 1.807) is 0 Å². The molecule has 0 unspecified atom stereocenters. The zero-order valence-electron chi connectivity index (χ0n) is 31.3. The van der Waals surface area contributed by atoms with E-state index in [0.717, 1.165) is 39.0 Å². The second-order valence-corrected chi connectivity index (χ2v) is 15.9. The summed E-state index contributed by atoms with van der Waals surface area (Å²) in [6, 6.07) is 74.3. The van der Waals surface area contributed by atoms with Crippen LogP contribution >= 0.6 is 11.3 Å². The Hall–Kier alpha value is -7.40. The minimum absolute atomic E-state index is 0.902. The molecule has 0 atom stereocenters. The molecule has 0 fully saturated rings. The first-order valence-electron chi connectivity index (χ1n) is 19.7. The molecule has 0 radical (unpaired) electrons. The van der Waals surface area contributed by atoms with Gasteiger partial charge in [-0.1, -0.05) is 133 Å². The van der Waals surface area contributed by atoms with Crippen LogP contribution in [-0.4, -0.2) is 4.57 Å². The maximum absolute atomic E-state index is 6.35. The number of fused-ring (bicyclic) bond motifs is 10. The second-order valence-electron chi connectivity index (χ2n) is 14.9. The molecule has 0 spiro atoms. The number of thiophene rings is 1.